The van der Waals surface area contributed by atoms with E-state index in [0.717, 1.165) is 6.08 Å². The highest BCUT2D eigenvalue weighted by Gasteiger charge is 2.20. The van der Waals surface area contributed by atoms with E-state index >= 15 is 0 Å². The molecule has 0 unspecified atom stereocenters. The number of methoxy groups -OCH3 is 1. The first kappa shape index (κ1) is 16.0. The molecular weight excluding hydrogens is 284 g/mol. The summed E-state index contributed by atoms with van der Waals surface area (Å²) in [7, 11) is -2.34. The summed E-state index contributed by atoms with van der Waals surface area (Å²) in [5, 5.41) is 7.87. The quantitative estimate of drug-likeness (QED) is 0.637. The third kappa shape index (κ3) is 4.27. The average molecular weight is 300 g/mol. The molecule has 0 aliphatic rings. The third-order valence-electron chi connectivity index (χ3n) is 2.39. The molecule has 0 aliphatic heterocycles. The monoisotopic (exact) mass is 300 g/mol. The van der Waals surface area contributed by atoms with Gasteiger partial charge in [0.25, 0.3) is 0 Å². The highest BCUT2D eigenvalue weighted by molar-refractivity contribution is 7.87. The lowest BCUT2D eigenvalue weighted by molar-refractivity contribution is -0.131. The van der Waals surface area contributed by atoms with Crippen LogP contribution in [0.2, 0.25) is 0 Å². The number of hydrogen-bond donors (Lipinski definition) is 1. The van der Waals surface area contributed by atoms with Crippen molar-refractivity contribution in [2.24, 2.45) is 0 Å². The predicted molar refractivity (Wildman–Crippen MR) is 74.3 cm³/mol. The van der Waals surface area contributed by atoms with Crippen LogP contribution in [-0.2, 0) is 14.9 Å². The summed E-state index contributed by atoms with van der Waals surface area (Å²) >= 11 is 0. The average Bonchev–Trinajstić information content (AvgIpc) is 2.36. The van der Waals surface area contributed by atoms with Crippen molar-refractivity contribution in [3.05, 3.63) is 29.8 Å². The van der Waals surface area contributed by atoms with Gasteiger partial charge in [-0.15, -0.1) is 0 Å². The lowest BCUT2D eigenvalue weighted by Gasteiger charge is -2.13. The Morgan fingerprint density at radius 3 is 2.45 bits per heavy atom. The molecule has 0 radical (unpaired) electrons. The summed E-state index contributed by atoms with van der Waals surface area (Å²) in [5.41, 5.74) is 0.554. The molecule has 0 heterocycles. The lowest BCUT2D eigenvalue weighted by Crippen LogP contribution is -2.20. The van der Waals surface area contributed by atoms with Gasteiger partial charge in [0.2, 0.25) is 0 Å². The Bertz CT molecular complexity index is 616. The molecule has 0 aliphatic carbocycles. The Kier molecular flexibility index (Phi) is 5.15. The van der Waals surface area contributed by atoms with E-state index in [1.165, 1.54) is 45.2 Å². The summed E-state index contributed by atoms with van der Waals surface area (Å²) < 4.78 is 33.4. The Balaban J connectivity index is 3.09. The first-order valence-corrected chi connectivity index (χ1v) is 7.25. The molecule has 0 saturated heterocycles. The van der Waals surface area contributed by atoms with Crippen LogP contribution in [0.25, 0.3) is 6.08 Å². The standard InChI is InChI=1S/C13H16O6S/c1-9(2)20(16,17)19-11-6-4-10(5-7-13(14)15)8-12(11)18-3/h4-9H,1-3H3,(H,14,15). The van der Waals surface area contributed by atoms with E-state index in [4.69, 9.17) is 14.0 Å². The van der Waals surface area contributed by atoms with Crippen LogP contribution in [-0.4, -0.2) is 31.9 Å². The molecule has 1 N–H and O–H groups in total. The zero-order valence-corrected chi connectivity index (χ0v) is 12.2. The van der Waals surface area contributed by atoms with Gasteiger partial charge in [0.15, 0.2) is 11.5 Å². The minimum absolute atomic E-state index is 0.0636. The van der Waals surface area contributed by atoms with Crippen molar-refractivity contribution >= 4 is 22.2 Å². The van der Waals surface area contributed by atoms with Crippen LogP contribution in [0.1, 0.15) is 19.4 Å². The van der Waals surface area contributed by atoms with Gasteiger partial charge in [-0.1, -0.05) is 6.07 Å². The number of rotatable bonds is 6. The Labute approximate surface area is 117 Å². The Morgan fingerprint density at radius 2 is 1.95 bits per heavy atom. The fraction of sp³-hybridized carbons (Fsp3) is 0.308. The highest BCUT2D eigenvalue weighted by atomic mass is 32.2. The molecule has 0 bridgehead atoms. The van der Waals surface area contributed by atoms with Crippen LogP contribution in [0.4, 0.5) is 0 Å². The SMILES string of the molecule is COc1cc(C=CC(=O)O)ccc1OS(=O)(=O)C(C)C. The first-order chi connectivity index (χ1) is 9.26. The smallest absolute Gasteiger partial charge is 0.328 e. The van der Waals surface area contributed by atoms with Gasteiger partial charge in [0.05, 0.1) is 12.4 Å². The van der Waals surface area contributed by atoms with Crippen LogP contribution in [0.5, 0.6) is 11.5 Å². The van der Waals surface area contributed by atoms with Crippen molar-refractivity contribution < 1.29 is 27.2 Å². The van der Waals surface area contributed by atoms with Gasteiger partial charge in [-0.2, -0.15) is 8.42 Å². The maximum absolute atomic E-state index is 11.7. The second kappa shape index (κ2) is 6.42. The zero-order valence-electron chi connectivity index (χ0n) is 11.4. The van der Waals surface area contributed by atoms with E-state index in [1.807, 2.05) is 0 Å². The van der Waals surface area contributed by atoms with Gasteiger partial charge < -0.3 is 14.0 Å². The van der Waals surface area contributed by atoms with Gasteiger partial charge in [-0.25, -0.2) is 4.79 Å². The topological polar surface area (TPSA) is 89.9 Å². The second-order valence-corrected chi connectivity index (χ2v) is 6.30. The van der Waals surface area contributed by atoms with Crippen molar-refractivity contribution in [2.45, 2.75) is 19.1 Å². The van der Waals surface area contributed by atoms with Crippen LogP contribution in [0.15, 0.2) is 24.3 Å². The molecule has 0 saturated carbocycles. The zero-order chi connectivity index (χ0) is 15.3. The number of aliphatic carboxylic acids is 1. The number of ether oxygens (including phenoxy) is 1. The third-order valence-corrected chi connectivity index (χ3v) is 3.96. The molecule has 6 nitrogen and oxygen atoms in total. The maximum atomic E-state index is 11.7. The Hall–Kier alpha value is -2.02. The normalized spacial score (nSPS) is 11.8. The molecule has 0 amide bonds. The number of carboxylic acids is 1. The van der Waals surface area contributed by atoms with Crippen molar-refractivity contribution in [2.75, 3.05) is 7.11 Å². The minimum Gasteiger partial charge on any atom is -0.493 e. The summed E-state index contributed by atoms with van der Waals surface area (Å²) in [6, 6.07) is 4.44. The van der Waals surface area contributed by atoms with Gasteiger partial charge in [0, 0.05) is 6.08 Å². The van der Waals surface area contributed by atoms with Gasteiger partial charge >= 0.3 is 16.1 Å². The van der Waals surface area contributed by atoms with Crippen LogP contribution < -0.4 is 8.92 Å². The Morgan fingerprint density at radius 1 is 1.30 bits per heavy atom. The van der Waals surface area contributed by atoms with E-state index < -0.39 is 21.3 Å². The first-order valence-electron chi connectivity index (χ1n) is 5.78. The summed E-state index contributed by atoms with van der Waals surface area (Å²) in [6.45, 7) is 3.01. The number of hydrogen-bond acceptors (Lipinski definition) is 5. The van der Waals surface area contributed by atoms with Crippen LogP contribution in [0, 0.1) is 0 Å². The van der Waals surface area contributed by atoms with Crippen molar-refractivity contribution in [1.29, 1.82) is 0 Å². The molecule has 1 aromatic rings. The molecule has 20 heavy (non-hydrogen) atoms. The van der Waals surface area contributed by atoms with Gasteiger partial charge in [-0.05, 0) is 37.6 Å². The largest absolute Gasteiger partial charge is 0.493 e. The molecule has 0 aromatic heterocycles. The van der Waals surface area contributed by atoms with E-state index in [0.29, 0.717) is 5.56 Å². The molecule has 1 aromatic carbocycles. The maximum Gasteiger partial charge on any atom is 0.328 e. The lowest BCUT2D eigenvalue weighted by atomic mass is 10.2. The van der Waals surface area contributed by atoms with Crippen molar-refractivity contribution in [3.63, 3.8) is 0 Å². The van der Waals surface area contributed by atoms with Crippen LogP contribution >= 0.6 is 0 Å². The molecule has 7 heteroatoms. The molecule has 0 fully saturated rings. The van der Waals surface area contributed by atoms with Crippen LogP contribution in [0.3, 0.4) is 0 Å². The molecule has 0 atom stereocenters. The summed E-state index contributed by atoms with van der Waals surface area (Å²) in [5.74, 6) is -0.804. The van der Waals surface area contributed by atoms with E-state index in [9.17, 15) is 13.2 Å². The van der Waals surface area contributed by atoms with Crippen molar-refractivity contribution in [1.82, 2.24) is 0 Å². The molecular formula is C13H16O6S. The van der Waals surface area contributed by atoms with Gasteiger partial charge in [-0.3, -0.25) is 0 Å². The number of carbonyl (C=O) groups is 1. The van der Waals surface area contributed by atoms with Crippen molar-refractivity contribution in [3.8, 4) is 11.5 Å². The fourth-order valence-corrected chi connectivity index (χ4v) is 1.83. The molecule has 0 spiro atoms. The predicted octanol–water partition coefficient (Wildman–Crippen LogP) is 1.91. The molecule has 1 rings (SSSR count). The van der Waals surface area contributed by atoms with Gasteiger partial charge in [0.1, 0.15) is 0 Å². The second-order valence-electron chi connectivity index (χ2n) is 4.21. The minimum atomic E-state index is -3.71. The summed E-state index contributed by atoms with van der Waals surface area (Å²) in [4.78, 5) is 10.4. The summed E-state index contributed by atoms with van der Waals surface area (Å²) in [6.07, 6.45) is 2.34. The van der Waals surface area contributed by atoms with E-state index in [-0.39, 0.29) is 11.5 Å². The number of benzene rings is 1. The number of carboxylic acid groups (broad SMARTS) is 1. The molecule has 110 valence electrons. The highest BCUT2D eigenvalue weighted by Crippen LogP contribution is 2.30. The van der Waals surface area contributed by atoms with E-state index in [1.54, 1.807) is 0 Å². The van der Waals surface area contributed by atoms with E-state index in [2.05, 4.69) is 0 Å². The fourth-order valence-electron chi connectivity index (χ4n) is 1.25.